The van der Waals surface area contributed by atoms with Crippen LogP contribution in [0.5, 0.6) is 5.75 Å². The molecular weight excluding hydrogens is 223 g/mol. The highest BCUT2D eigenvalue weighted by atomic mass is 19.1. The fourth-order valence-corrected chi connectivity index (χ4v) is 1.75. The fraction of sp³-hybridized carbons (Fsp3) is 0.462. The summed E-state index contributed by atoms with van der Waals surface area (Å²) in [5, 5.41) is 9.10. The molecule has 0 fully saturated rings. The van der Waals surface area contributed by atoms with Gasteiger partial charge in [0.05, 0.1) is 13.0 Å². The van der Waals surface area contributed by atoms with Crippen LogP contribution in [0.1, 0.15) is 19.4 Å². The van der Waals surface area contributed by atoms with Crippen molar-refractivity contribution >= 4 is 5.97 Å². The van der Waals surface area contributed by atoms with E-state index < -0.39 is 11.9 Å². The molecule has 4 heteroatoms. The van der Waals surface area contributed by atoms with Crippen LogP contribution in [0, 0.1) is 17.7 Å². The van der Waals surface area contributed by atoms with Crippen molar-refractivity contribution in [2.45, 2.75) is 20.3 Å². The Morgan fingerprint density at radius 3 is 2.59 bits per heavy atom. The third-order valence-corrected chi connectivity index (χ3v) is 2.80. The molecular formula is C13H17FO3. The summed E-state index contributed by atoms with van der Waals surface area (Å²) in [4.78, 5) is 11.1. The van der Waals surface area contributed by atoms with Gasteiger partial charge in [-0.3, -0.25) is 4.79 Å². The first kappa shape index (κ1) is 13.5. The first-order valence-electron chi connectivity index (χ1n) is 5.51. The summed E-state index contributed by atoms with van der Waals surface area (Å²) in [6, 6.07) is 4.15. The highest BCUT2D eigenvalue weighted by Crippen LogP contribution is 2.25. The summed E-state index contributed by atoms with van der Waals surface area (Å²) in [5.41, 5.74) is 0.591. The van der Waals surface area contributed by atoms with Crippen molar-refractivity contribution in [2.24, 2.45) is 11.8 Å². The topological polar surface area (TPSA) is 46.5 Å². The van der Waals surface area contributed by atoms with Crippen LogP contribution in [-0.2, 0) is 11.2 Å². The Hall–Kier alpha value is -1.58. The summed E-state index contributed by atoms with van der Waals surface area (Å²) in [6.45, 7) is 3.68. The molecule has 1 N–H and O–H groups in total. The predicted octanol–water partition coefficient (Wildman–Crippen LogP) is 2.73. The van der Waals surface area contributed by atoms with Crippen LogP contribution in [0.25, 0.3) is 0 Å². The van der Waals surface area contributed by atoms with Crippen molar-refractivity contribution in [1.29, 1.82) is 0 Å². The van der Waals surface area contributed by atoms with Gasteiger partial charge in [-0.25, -0.2) is 4.39 Å². The number of halogens is 1. The molecule has 1 aromatic carbocycles. The van der Waals surface area contributed by atoms with Gasteiger partial charge >= 0.3 is 5.97 Å². The average Bonchev–Trinajstić information content (AvgIpc) is 2.25. The molecule has 3 nitrogen and oxygen atoms in total. The fourth-order valence-electron chi connectivity index (χ4n) is 1.75. The molecule has 94 valence electrons. The lowest BCUT2D eigenvalue weighted by atomic mass is 9.89. The van der Waals surface area contributed by atoms with E-state index in [0.29, 0.717) is 11.3 Å². The standard InChI is InChI=1S/C13H17FO3/c1-8(2)11(13(15)16)7-9-6-10(14)4-5-12(9)17-3/h4-6,8,11H,7H2,1-3H3,(H,15,16). The first-order chi connectivity index (χ1) is 7.95. The minimum Gasteiger partial charge on any atom is -0.496 e. The lowest BCUT2D eigenvalue weighted by molar-refractivity contribution is -0.143. The molecule has 0 heterocycles. The molecule has 0 aliphatic carbocycles. The van der Waals surface area contributed by atoms with E-state index in [1.807, 2.05) is 13.8 Å². The highest BCUT2D eigenvalue weighted by Gasteiger charge is 2.23. The second kappa shape index (κ2) is 5.66. The molecule has 0 saturated heterocycles. The van der Waals surface area contributed by atoms with E-state index in [-0.39, 0.29) is 18.2 Å². The van der Waals surface area contributed by atoms with Gasteiger partial charge in [0.1, 0.15) is 11.6 Å². The van der Waals surface area contributed by atoms with Gasteiger partial charge in [0.15, 0.2) is 0 Å². The van der Waals surface area contributed by atoms with Crippen molar-refractivity contribution in [3.05, 3.63) is 29.6 Å². The Bertz CT molecular complexity index is 402. The van der Waals surface area contributed by atoms with Crippen LogP contribution < -0.4 is 4.74 Å². The molecule has 1 aromatic rings. The van der Waals surface area contributed by atoms with Crippen molar-refractivity contribution in [3.63, 3.8) is 0 Å². The van der Waals surface area contributed by atoms with Crippen LogP contribution in [-0.4, -0.2) is 18.2 Å². The van der Waals surface area contributed by atoms with Gasteiger partial charge in [-0.1, -0.05) is 13.8 Å². The van der Waals surface area contributed by atoms with Crippen molar-refractivity contribution in [3.8, 4) is 5.75 Å². The van der Waals surface area contributed by atoms with Gasteiger partial charge in [-0.2, -0.15) is 0 Å². The second-order valence-electron chi connectivity index (χ2n) is 4.35. The largest absolute Gasteiger partial charge is 0.496 e. The van der Waals surface area contributed by atoms with E-state index in [1.165, 1.54) is 25.3 Å². The van der Waals surface area contributed by atoms with Gasteiger partial charge in [0, 0.05) is 0 Å². The highest BCUT2D eigenvalue weighted by molar-refractivity contribution is 5.70. The summed E-state index contributed by atoms with van der Waals surface area (Å²) in [6.07, 6.45) is 0.272. The molecule has 1 atom stereocenters. The monoisotopic (exact) mass is 240 g/mol. The molecule has 1 unspecified atom stereocenters. The molecule has 0 saturated carbocycles. The zero-order valence-corrected chi connectivity index (χ0v) is 10.2. The van der Waals surface area contributed by atoms with Gasteiger partial charge in [-0.15, -0.1) is 0 Å². The molecule has 0 aliphatic rings. The average molecular weight is 240 g/mol. The van der Waals surface area contributed by atoms with E-state index >= 15 is 0 Å². The molecule has 0 bridgehead atoms. The number of ether oxygens (including phenoxy) is 1. The maximum Gasteiger partial charge on any atom is 0.307 e. The smallest absolute Gasteiger partial charge is 0.307 e. The number of carbonyl (C=O) groups is 1. The van der Waals surface area contributed by atoms with Crippen LogP contribution in [0.15, 0.2) is 18.2 Å². The number of carboxylic acids is 1. The van der Waals surface area contributed by atoms with E-state index in [9.17, 15) is 9.18 Å². The summed E-state index contributed by atoms with van der Waals surface area (Å²) in [7, 11) is 1.49. The van der Waals surface area contributed by atoms with Gasteiger partial charge in [0.25, 0.3) is 0 Å². The maximum absolute atomic E-state index is 13.1. The van der Waals surface area contributed by atoms with Gasteiger partial charge in [0.2, 0.25) is 0 Å². The Morgan fingerprint density at radius 1 is 1.47 bits per heavy atom. The molecule has 17 heavy (non-hydrogen) atoms. The Kier molecular flexibility index (Phi) is 4.49. The number of hydrogen-bond acceptors (Lipinski definition) is 2. The third-order valence-electron chi connectivity index (χ3n) is 2.80. The number of carboxylic acid groups (broad SMARTS) is 1. The van der Waals surface area contributed by atoms with Gasteiger partial charge in [-0.05, 0) is 36.1 Å². The molecule has 0 amide bonds. The number of rotatable bonds is 5. The van der Waals surface area contributed by atoms with E-state index in [4.69, 9.17) is 9.84 Å². The number of benzene rings is 1. The van der Waals surface area contributed by atoms with Crippen molar-refractivity contribution in [2.75, 3.05) is 7.11 Å². The number of hydrogen-bond donors (Lipinski definition) is 1. The molecule has 0 aromatic heterocycles. The zero-order valence-electron chi connectivity index (χ0n) is 10.2. The van der Waals surface area contributed by atoms with Crippen LogP contribution in [0.4, 0.5) is 4.39 Å². The minimum absolute atomic E-state index is 0.0135. The molecule has 0 spiro atoms. The number of aliphatic carboxylic acids is 1. The SMILES string of the molecule is COc1ccc(F)cc1CC(C(=O)O)C(C)C. The third kappa shape index (κ3) is 3.44. The summed E-state index contributed by atoms with van der Waals surface area (Å²) in [5.74, 6) is -1.27. The Balaban J connectivity index is 2.99. The van der Waals surface area contributed by atoms with Gasteiger partial charge < -0.3 is 9.84 Å². The summed E-state index contributed by atoms with van der Waals surface area (Å²) < 4.78 is 18.2. The quantitative estimate of drug-likeness (QED) is 0.860. The minimum atomic E-state index is -0.869. The van der Waals surface area contributed by atoms with E-state index in [2.05, 4.69) is 0 Å². The normalized spacial score (nSPS) is 12.5. The summed E-state index contributed by atoms with van der Waals surface area (Å²) >= 11 is 0. The Morgan fingerprint density at radius 2 is 2.12 bits per heavy atom. The zero-order chi connectivity index (χ0) is 13.0. The van der Waals surface area contributed by atoms with Crippen LogP contribution in [0.3, 0.4) is 0 Å². The van der Waals surface area contributed by atoms with Crippen LogP contribution >= 0.6 is 0 Å². The molecule has 0 aliphatic heterocycles. The van der Waals surface area contributed by atoms with Crippen LogP contribution in [0.2, 0.25) is 0 Å². The second-order valence-corrected chi connectivity index (χ2v) is 4.35. The molecule has 0 radical (unpaired) electrons. The van der Waals surface area contributed by atoms with Crippen molar-refractivity contribution < 1.29 is 19.0 Å². The van der Waals surface area contributed by atoms with E-state index in [0.717, 1.165) is 0 Å². The Labute approximate surface area is 100 Å². The van der Waals surface area contributed by atoms with Crippen molar-refractivity contribution in [1.82, 2.24) is 0 Å². The first-order valence-corrected chi connectivity index (χ1v) is 5.51. The maximum atomic E-state index is 13.1. The lowest BCUT2D eigenvalue weighted by Gasteiger charge is -2.17. The molecule has 1 rings (SSSR count). The van der Waals surface area contributed by atoms with E-state index in [1.54, 1.807) is 0 Å². The lowest BCUT2D eigenvalue weighted by Crippen LogP contribution is -2.22. The number of methoxy groups -OCH3 is 1. The predicted molar refractivity (Wildman–Crippen MR) is 62.6 cm³/mol.